The highest BCUT2D eigenvalue weighted by Crippen LogP contribution is 2.41. The number of benzene rings is 1. The minimum absolute atomic E-state index is 0.0726. The van der Waals surface area contributed by atoms with E-state index < -0.39 is 0 Å². The molecule has 5 heteroatoms. The highest BCUT2D eigenvalue weighted by molar-refractivity contribution is 6.42. The maximum absolute atomic E-state index is 12.9. The summed E-state index contributed by atoms with van der Waals surface area (Å²) in [5.41, 5.74) is 2.74. The van der Waals surface area contributed by atoms with Crippen LogP contribution in [0, 0.1) is 0 Å². The van der Waals surface area contributed by atoms with Crippen LogP contribution in [-0.4, -0.2) is 17.2 Å². The minimum atomic E-state index is 0.0726. The van der Waals surface area contributed by atoms with Crippen LogP contribution in [0.2, 0.25) is 10.0 Å². The third-order valence-electron chi connectivity index (χ3n) is 4.57. The van der Waals surface area contributed by atoms with Gasteiger partial charge in [-0.25, -0.2) is 0 Å². The van der Waals surface area contributed by atoms with E-state index in [1.807, 2.05) is 16.7 Å². The molecule has 4 rings (SSSR count). The first-order valence-corrected chi connectivity index (χ1v) is 8.33. The largest absolute Gasteiger partial charge is 0.313 e. The Kier molecular flexibility index (Phi) is 3.52. The summed E-state index contributed by atoms with van der Waals surface area (Å²) in [5.74, 6) is 0.482. The van der Waals surface area contributed by atoms with Gasteiger partial charge in [0.15, 0.2) is 0 Å². The molecule has 2 atom stereocenters. The molecule has 1 aromatic carbocycles. The van der Waals surface area contributed by atoms with Gasteiger partial charge in [-0.05, 0) is 49.2 Å². The second-order valence-electron chi connectivity index (χ2n) is 6.01. The molecule has 2 heterocycles. The Bertz CT molecular complexity index is 800. The van der Waals surface area contributed by atoms with Crippen molar-refractivity contribution in [2.24, 2.45) is 0 Å². The minimum Gasteiger partial charge on any atom is -0.313 e. The van der Waals surface area contributed by atoms with Crippen LogP contribution in [0.1, 0.15) is 24.5 Å². The highest BCUT2D eigenvalue weighted by atomic mass is 35.5. The van der Waals surface area contributed by atoms with E-state index in [4.69, 9.17) is 23.2 Å². The summed E-state index contributed by atoms with van der Waals surface area (Å²) in [6, 6.07) is 9.91. The maximum atomic E-state index is 12.9. The maximum Gasteiger partial charge on any atom is 0.258 e. The highest BCUT2D eigenvalue weighted by Gasteiger charge is 2.40. The van der Waals surface area contributed by atoms with E-state index in [9.17, 15) is 4.79 Å². The number of rotatable bonds is 1. The van der Waals surface area contributed by atoms with Crippen molar-refractivity contribution >= 4 is 23.2 Å². The summed E-state index contributed by atoms with van der Waals surface area (Å²) < 4.78 is 1.95. The first-order valence-electron chi connectivity index (χ1n) is 7.57. The van der Waals surface area contributed by atoms with Gasteiger partial charge in [0.1, 0.15) is 0 Å². The molecule has 1 saturated carbocycles. The Hall–Kier alpha value is -1.29. The average Bonchev–Trinajstić information content (AvgIpc) is 3.24. The molecule has 2 unspecified atom stereocenters. The number of pyridine rings is 1. The molecule has 1 aliphatic heterocycles. The van der Waals surface area contributed by atoms with Gasteiger partial charge < -0.3 is 9.88 Å². The Morgan fingerprint density at radius 2 is 2.00 bits per heavy atom. The number of nitrogens with zero attached hydrogens (tertiary/aromatic N) is 1. The molecule has 1 aliphatic carbocycles. The van der Waals surface area contributed by atoms with Gasteiger partial charge in [0.2, 0.25) is 0 Å². The smallest absolute Gasteiger partial charge is 0.258 e. The molecule has 0 spiro atoms. The van der Waals surface area contributed by atoms with Crippen molar-refractivity contribution in [3.63, 3.8) is 0 Å². The average molecular weight is 335 g/mol. The van der Waals surface area contributed by atoms with E-state index >= 15 is 0 Å². The van der Waals surface area contributed by atoms with E-state index in [0.717, 1.165) is 37.2 Å². The number of aromatic nitrogens is 1. The predicted molar refractivity (Wildman–Crippen MR) is 89.9 cm³/mol. The van der Waals surface area contributed by atoms with Crippen LogP contribution in [0.15, 0.2) is 35.1 Å². The molecule has 0 bridgehead atoms. The van der Waals surface area contributed by atoms with E-state index in [2.05, 4.69) is 11.4 Å². The van der Waals surface area contributed by atoms with Crippen molar-refractivity contribution in [3.8, 4) is 11.1 Å². The number of hydrogen-bond acceptors (Lipinski definition) is 2. The molecular formula is C17H16Cl2N2O. The number of halogens is 2. The van der Waals surface area contributed by atoms with E-state index in [0.29, 0.717) is 27.6 Å². The summed E-state index contributed by atoms with van der Waals surface area (Å²) in [5, 5.41) is 4.51. The van der Waals surface area contributed by atoms with Gasteiger partial charge in [0, 0.05) is 29.8 Å². The molecule has 0 saturated heterocycles. The van der Waals surface area contributed by atoms with Gasteiger partial charge >= 0.3 is 0 Å². The van der Waals surface area contributed by atoms with Crippen LogP contribution in [0.25, 0.3) is 11.1 Å². The fraction of sp³-hybridized carbons (Fsp3) is 0.353. The molecule has 22 heavy (non-hydrogen) atoms. The topological polar surface area (TPSA) is 34.0 Å². The Balaban J connectivity index is 1.83. The first kappa shape index (κ1) is 14.3. The quantitative estimate of drug-likeness (QED) is 0.863. The zero-order valence-corrected chi connectivity index (χ0v) is 13.5. The van der Waals surface area contributed by atoms with Crippen molar-refractivity contribution in [1.29, 1.82) is 0 Å². The number of hydrogen-bond donors (Lipinski definition) is 1. The SMILES string of the molecule is O=c1c(-c2ccc(Cl)c(Cl)c2)ccc2n1CCCNC1CC21. The fourth-order valence-electron chi connectivity index (χ4n) is 3.30. The molecule has 0 amide bonds. The van der Waals surface area contributed by atoms with Crippen molar-refractivity contribution < 1.29 is 0 Å². The molecule has 1 fully saturated rings. The number of nitrogens with one attached hydrogen (secondary N) is 1. The molecule has 114 valence electrons. The van der Waals surface area contributed by atoms with Crippen molar-refractivity contribution in [2.75, 3.05) is 6.54 Å². The van der Waals surface area contributed by atoms with Crippen molar-refractivity contribution in [1.82, 2.24) is 9.88 Å². The second-order valence-corrected chi connectivity index (χ2v) is 6.83. The fourth-order valence-corrected chi connectivity index (χ4v) is 3.60. The van der Waals surface area contributed by atoms with E-state index in [1.165, 1.54) is 0 Å². The van der Waals surface area contributed by atoms with Crippen LogP contribution in [0.3, 0.4) is 0 Å². The summed E-state index contributed by atoms with van der Waals surface area (Å²) in [7, 11) is 0. The molecule has 0 radical (unpaired) electrons. The summed E-state index contributed by atoms with van der Waals surface area (Å²) in [6.07, 6.45) is 2.10. The molecule has 3 nitrogen and oxygen atoms in total. The lowest BCUT2D eigenvalue weighted by Gasteiger charge is -2.18. The Morgan fingerprint density at radius 3 is 2.82 bits per heavy atom. The lowest BCUT2D eigenvalue weighted by Crippen LogP contribution is -2.30. The third-order valence-corrected chi connectivity index (χ3v) is 5.31. The van der Waals surface area contributed by atoms with Crippen LogP contribution >= 0.6 is 23.2 Å². The van der Waals surface area contributed by atoms with Crippen LogP contribution in [0.5, 0.6) is 0 Å². The van der Waals surface area contributed by atoms with Gasteiger partial charge in [-0.1, -0.05) is 29.3 Å². The van der Waals surface area contributed by atoms with Gasteiger partial charge in [0.05, 0.1) is 10.0 Å². The Morgan fingerprint density at radius 1 is 1.14 bits per heavy atom. The molecule has 2 aliphatic rings. The summed E-state index contributed by atoms with van der Waals surface area (Å²) in [4.78, 5) is 12.9. The lowest BCUT2D eigenvalue weighted by atomic mass is 10.1. The van der Waals surface area contributed by atoms with E-state index in [-0.39, 0.29) is 5.56 Å². The van der Waals surface area contributed by atoms with Gasteiger partial charge in [-0.15, -0.1) is 0 Å². The van der Waals surface area contributed by atoms with Gasteiger partial charge in [-0.2, -0.15) is 0 Å². The zero-order chi connectivity index (χ0) is 15.3. The van der Waals surface area contributed by atoms with Crippen LogP contribution in [0.4, 0.5) is 0 Å². The Labute approximate surface area is 138 Å². The standard InChI is InChI=1S/C17H16Cl2N2O/c18-13-4-2-10(8-14(13)19)11-3-5-16-12-9-15(12)20-6-1-7-21(16)17(11)22/h2-5,8,12,15,20H,1,6-7,9H2. The van der Waals surface area contributed by atoms with E-state index in [1.54, 1.807) is 12.1 Å². The third kappa shape index (κ3) is 2.37. The normalized spacial score (nSPS) is 23.2. The monoisotopic (exact) mass is 334 g/mol. The van der Waals surface area contributed by atoms with Crippen LogP contribution in [-0.2, 0) is 6.54 Å². The molecule has 1 aromatic heterocycles. The molecule has 1 N–H and O–H groups in total. The van der Waals surface area contributed by atoms with Crippen molar-refractivity contribution in [2.45, 2.75) is 31.3 Å². The lowest BCUT2D eigenvalue weighted by molar-refractivity contribution is 0.523. The van der Waals surface area contributed by atoms with Crippen molar-refractivity contribution in [3.05, 3.63) is 56.4 Å². The number of fused-ring (bicyclic) bond motifs is 3. The van der Waals surface area contributed by atoms with Gasteiger partial charge in [-0.3, -0.25) is 4.79 Å². The van der Waals surface area contributed by atoms with Crippen LogP contribution < -0.4 is 10.9 Å². The zero-order valence-electron chi connectivity index (χ0n) is 12.0. The predicted octanol–water partition coefficient (Wildman–Crippen LogP) is 3.67. The molecular weight excluding hydrogens is 319 g/mol. The summed E-state index contributed by atoms with van der Waals surface area (Å²) in [6.45, 7) is 1.74. The second kappa shape index (κ2) is 5.41. The van der Waals surface area contributed by atoms with Gasteiger partial charge in [0.25, 0.3) is 5.56 Å². The summed E-state index contributed by atoms with van der Waals surface area (Å²) >= 11 is 12.1. The molecule has 2 aromatic rings. The first-order chi connectivity index (χ1) is 10.6.